The van der Waals surface area contributed by atoms with Crippen molar-refractivity contribution in [2.75, 3.05) is 0 Å². The van der Waals surface area contributed by atoms with E-state index in [1.165, 1.54) is 0 Å². The minimum atomic E-state index is -0.884. The van der Waals surface area contributed by atoms with Crippen LogP contribution in [0, 0.1) is 0 Å². The maximum absolute atomic E-state index is 11.3. The van der Waals surface area contributed by atoms with Crippen LogP contribution in [-0.2, 0) is 0 Å². The Morgan fingerprint density at radius 3 is 2.62 bits per heavy atom. The molecule has 0 saturated heterocycles. The molecule has 0 unspecified atom stereocenters. The molecular formula is C14H12O2. The maximum Gasteiger partial charge on any atom is 0.336 e. The van der Waals surface area contributed by atoms with Crippen LogP contribution >= 0.6 is 0 Å². The van der Waals surface area contributed by atoms with Crippen LogP contribution in [0.2, 0.25) is 0 Å². The van der Waals surface area contributed by atoms with Gasteiger partial charge in [0.15, 0.2) is 0 Å². The summed E-state index contributed by atoms with van der Waals surface area (Å²) in [6.07, 6.45) is 3.66. The monoisotopic (exact) mass is 212 g/mol. The lowest BCUT2D eigenvalue weighted by Gasteiger charge is -2.06. The Morgan fingerprint density at radius 1 is 1.19 bits per heavy atom. The highest BCUT2D eigenvalue weighted by Gasteiger charge is 2.11. The van der Waals surface area contributed by atoms with Crippen molar-refractivity contribution in [2.24, 2.45) is 0 Å². The van der Waals surface area contributed by atoms with Gasteiger partial charge in [-0.3, -0.25) is 0 Å². The molecule has 0 amide bonds. The minimum Gasteiger partial charge on any atom is -0.478 e. The molecule has 0 radical (unpaired) electrons. The molecule has 2 rings (SSSR count). The molecule has 2 heteroatoms. The van der Waals surface area contributed by atoms with Crippen LogP contribution in [0.1, 0.15) is 22.8 Å². The summed E-state index contributed by atoms with van der Waals surface area (Å²) in [5.41, 5.74) is 1.12. The molecule has 16 heavy (non-hydrogen) atoms. The Balaban J connectivity index is 2.84. The standard InChI is InChI=1S/C14H12O2/c1-2-5-11-9-8-10-6-3-4-7-12(10)13(11)14(15)16/h2-9H,1H3,(H,15,16). The van der Waals surface area contributed by atoms with Crippen LogP contribution in [0.3, 0.4) is 0 Å². The molecule has 0 atom stereocenters. The number of carboxylic acids is 1. The predicted octanol–water partition coefficient (Wildman–Crippen LogP) is 3.57. The molecule has 0 aliphatic heterocycles. The topological polar surface area (TPSA) is 37.3 Å². The van der Waals surface area contributed by atoms with E-state index in [0.29, 0.717) is 5.56 Å². The largest absolute Gasteiger partial charge is 0.478 e. The van der Waals surface area contributed by atoms with Gasteiger partial charge >= 0.3 is 5.97 Å². The van der Waals surface area contributed by atoms with Crippen LogP contribution in [0.5, 0.6) is 0 Å². The highest BCUT2D eigenvalue weighted by Crippen LogP contribution is 2.23. The molecule has 2 aromatic carbocycles. The third-order valence-corrected chi connectivity index (χ3v) is 2.52. The number of carbonyl (C=O) groups is 1. The summed E-state index contributed by atoms with van der Waals surface area (Å²) in [4.78, 5) is 11.3. The van der Waals surface area contributed by atoms with Crippen LogP contribution in [0.4, 0.5) is 0 Å². The van der Waals surface area contributed by atoms with E-state index in [0.717, 1.165) is 16.3 Å². The van der Waals surface area contributed by atoms with Crippen molar-refractivity contribution in [1.29, 1.82) is 0 Å². The van der Waals surface area contributed by atoms with E-state index in [1.807, 2.05) is 55.5 Å². The van der Waals surface area contributed by atoms with Crippen molar-refractivity contribution in [3.8, 4) is 0 Å². The fourth-order valence-electron chi connectivity index (χ4n) is 1.85. The molecular weight excluding hydrogens is 200 g/mol. The number of aromatic carboxylic acids is 1. The SMILES string of the molecule is CC=Cc1ccc2ccccc2c1C(=O)O. The fourth-order valence-corrected chi connectivity index (χ4v) is 1.85. The van der Waals surface area contributed by atoms with Gasteiger partial charge in [0.25, 0.3) is 0 Å². The number of hydrogen-bond donors (Lipinski definition) is 1. The van der Waals surface area contributed by atoms with Crippen LogP contribution in [0.15, 0.2) is 42.5 Å². The van der Waals surface area contributed by atoms with Crippen molar-refractivity contribution in [3.63, 3.8) is 0 Å². The van der Waals surface area contributed by atoms with Crippen molar-refractivity contribution >= 4 is 22.8 Å². The number of hydrogen-bond acceptors (Lipinski definition) is 1. The zero-order valence-corrected chi connectivity index (χ0v) is 8.97. The Hall–Kier alpha value is -2.09. The lowest BCUT2D eigenvalue weighted by Crippen LogP contribution is -2.00. The first-order chi connectivity index (χ1) is 7.74. The Bertz CT molecular complexity index is 568. The molecule has 0 spiro atoms. The summed E-state index contributed by atoms with van der Waals surface area (Å²) in [6.45, 7) is 1.88. The number of benzene rings is 2. The zero-order valence-electron chi connectivity index (χ0n) is 8.97. The number of carboxylic acid groups (broad SMARTS) is 1. The molecule has 1 N–H and O–H groups in total. The molecule has 0 aromatic heterocycles. The van der Waals surface area contributed by atoms with Gasteiger partial charge in [-0.2, -0.15) is 0 Å². The van der Waals surface area contributed by atoms with Gasteiger partial charge in [-0.1, -0.05) is 48.6 Å². The van der Waals surface area contributed by atoms with Gasteiger partial charge in [0.1, 0.15) is 0 Å². The summed E-state index contributed by atoms with van der Waals surface area (Å²) in [5, 5.41) is 11.0. The molecule has 80 valence electrons. The minimum absolute atomic E-state index is 0.371. The molecule has 2 nitrogen and oxygen atoms in total. The number of rotatable bonds is 2. The first kappa shape index (κ1) is 10.4. The fraction of sp³-hybridized carbons (Fsp3) is 0.0714. The van der Waals surface area contributed by atoms with Crippen LogP contribution in [-0.4, -0.2) is 11.1 Å². The van der Waals surface area contributed by atoms with Gasteiger partial charge < -0.3 is 5.11 Å². The second-order valence-electron chi connectivity index (χ2n) is 3.56. The third-order valence-electron chi connectivity index (χ3n) is 2.52. The molecule has 0 fully saturated rings. The maximum atomic E-state index is 11.3. The van der Waals surface area contributed by atoms with Crippen molar-refractivity contribution in [2.45, 2.75) is 6.92 Å². The van der Waals surface area contributed by atoms with E-state index >= 15 is 0 Å². The molecule has 0 saturated carbocycles. The third kappa shape index (κ3) is 1.70. The van der Waals surface area contributed by atoms with Gasteiger partial charge in [0.2, 0.25) is 0 Å². The van der Waals surface area contributed by atoms with Gasteiger partial charge in [0, 0.05) is 0 Å². The van der Waals surface area contributed by atoms with Crippen LogP contribution in [0.25, 0.3) is 16.8 Å². The normalized spacial score (nSPS) is 11.1. The highest BCUT2D eigenvalue weighted by molar-refractivity contribution is 6.06. The molecule has 2 aromatic rings. The number of allylic oxidation sites excluding steroid dienone is 1. The molecule has 0 aliphatic rings. The Labute approximate surface area is 93.8 Å². The Morgan fingerprint density at radius 2 is 1.94 bits per heavy atom. The lowest BCUT2D eigenvalue weighted by molar-refractivity contribution is 0.0699. The molecule has 0 heterocycles. The van der Waals surface area contributed by atoms with E-state index < -0.39 is 5.97 Å². The Kier molecular flexibility index (Phi) is 2.73. The van der Waals surface area contributed by atoms with Crippen LogP contribution < -0.4 is 0 Å². The van der Waals surface area contributed by atoms with E-state index in [2.05, 4.69) is 0 Å². The second kappa shape index (κ2) is 4.19. The highest BCUT2D eigenvalue weighted by atomic mass is 16.4. The summed E-state index contributed by atoms with van der Waals surface area (Å²) in [7, 11) is 0. The van der Waals surface area contributed by atoms with Crippen molar-refractivity contribution in [3.05, 3.63) is 53.6 Å². The van der Waals surface area contributed by atoms with E-state index in [1.54, 1.807) is 0 Å². The van der Waals surface area contributed by atoms with Gasteiger partial charge in [-0.05, 0) is 23.3 Å². The summed E-state index contributed by atoms with van der Waals surface area (Å²) < 4.78 is 0. The molecule has 0 bridgehead atoms. The van der Waals surface area contributed by atoms with Crippen molar-refractivity contribution in [1.82, 2.24) is 0 Å². The summed E-state index contributed by atoms with van der Waals surface area (Å²) in [6, 6.07) is 11.3. The molecule has 0 aliphatic carbocycles. The van der Waals surface area contributed by atoms with E-state index in [-0.39, 0.29) is 0 Å². The van der Waals surface area contributed by atoms with Gasteiger partial charge in [-0.25, -0.2) is 4.79 Å². The average molecular weight is 212 g/mol. The van der Waals surface area contributed by atoms with Gasteiger partial charge in [-0.15, -0.1) is 0 Å². The first-order valence-electron chi connectivity index (χ1n) is 5.12. The smallest absolute Gasteiger partial charge is 0.336 e. The second-order valence-corrected chi connectivity index (χ2v) is 3.56. The first-order valence-corrected chi connectivity index (χ1v) is 5.12. The van der Waals surface area contributed by atoms with Gasteiger partial charge in [0.05, 0.1) is 5.56 Å². The summed E-state index contributed by atoms with van der Waals surface area (Å²) >= 11 is 0. The quantitative estimate of drug-likeness (QED) is 0.826. The zero-order chi connectivity index (χ0) is 11.5. The van der Waals surface area contributed by atoms with E-state index in [4.69, 9.17) is 0 Å². The summed E-state index contributed by atoms with van der Waals surface area (Å²) in [5.74, 6) is -0.884. The van der Waals surface area contributed by atoms with E-state index in [9.17, 15) is 9.90 Å². The number of fused-ring (bicyclic) bond motifs is 1. The predicted molar refractivity (Wildman–Crippen MR) is 65.6 cm³/mol. The lowest BCUT2D eigenvalue weighted by atomic mass is 9.99. The van der Waals surface area contributed by atoms with Crippen molar-refractivity contribution < 1.29 is 9.90 Å². The average Bonchev–Trinajstić information content (AvgIpc) is 2.28.